The van der Waals surface area contributed by atoms with Crippen LogP contribution in [0.2, 0.25) is 0 Å². The van der Waals surface area contributed by atoms with Crippen molar-refractivity contribution in [3.05, 3.63) is 86.3 Å². The highest BCUT2D eigenvalue weighted by Gasteiger charge is 2.11. The number of nitrogens with zero attached hydrogens (tertiary/aromatic N) is 1. The lowest BCUT2D eigenvalue weighted by Crippen LogP contribution is -2.17. The Hall–Kier alpha value is -2.84. The highest BCUT2D eigenvalue weighted by molar-refractivity contribution is 9.10. The zero-order valence-corrected chi connectivity index (χ0v) is 19.1. The van der Waals surface area contributed by atoms with E-state index in [9.17, 15) is 9.90 Å². The van der Waals surface area contributed by atoms with Crippen LogP contribution < -0.4 is 14.9 Å². The monoisotopic (exact) mass is 532 g/mol. The molecular formula is C22H18Br2N2O4. The highest BCUT2D eigenvalue weighted by atomic mass is 79.9. The zero-order chi connectivity index (χ0) is 21.5. The standard InChI is InChI=1S/C22H18Br2N2O4/c1-29-17-7-8-18(20(27)11-17)22(28)26-25-12-15-4-9-21(19(24)10-15)30-13-14-2-5-16(23)6-3-14/h2-12,27H,13H2,1H3,(H,26,28)/b25-12-. The molecule has 0 heterocycles. The predicted octanol–water partition coefficient (Wildman–Crippen LogP) is 5.27. The molecule has 0 bridgehead atoms. The van der Waals surface area contributed by atoms with Gasteiger partial charge in [-0.1, -0.05) is 28.1 Å². The first-order valence-electron chi connectivity index (χ1n) is 8.83. The Kier molecular flexibility index (Phi) is 7.48. The summed E-state index contributed by atoms with van der Waals surface area (Å²) in [5.41, 5.74) is 4.31. The third-order valence-corrected chi connectivity index (χ3v) is 5.24. The number of hydrogen-bond donors (Lipinski definition) is 2. The van der Waals surface area contributed by atoms with E-state index in [1.807, 2.05) is 42.5 Å². The molecule has 154 valence electrons. The Morgan fingerprint density at radius 1 is 1.10 bits per heavy atom. The second-order valence-electron chi connectivity index (χ2n) is 6.19. The average molecular weight is 534 g/mol. The van der Waals surface area contributed by atoms with Crippen molar-refractivity contribution in [2.45, 2.75) is 6.61 Å². The fourth-order valence-electron chi connectivity index (χ4n) is 2.51. The number of hydrogen-bond acceptors (Lipinski definition) is 5. The summed E-state index contributed by atoms with van der Waals surface area (Å²) in [6.45, 7) is 0.445. The molecule has 0 spiro atoms. The molecule has 0 aliphatic heterocycles. The minimum atomic E-state index is -0.528. The fraction of sp³-hybridized carbons (Fsp3) is 0.0909. The molecule has 0 radical (unpaired) electrons. The number of carbonyl (C=O) groups is 1. The van der Waals surface area contributed by atoms with Crippen LogP contribution in [0.25, 0.3) is 0 Å². The number of aromatic hydroxyl groups is 1. The van der Waals surface area contributed by atoms with Crippen molar-refractivity contribution in [2.75, 3.05) is 7.11 Å². The van der Waals surface area contributed by atoms with Crippen molar-refractivity contribution in [1.29, 1.82) is 0 Å². The third-order valence-electron chi connectivity index (χ3n) is 4.09. The maximum Gasteiger partial charge on any atom is 0.275 e. The Labute approximate surface area is 190 Å². The van der Waals surface area contributed by atoms with Crippen LogP contribution in [-0.2, 0) is 6.61 Å². The summed E-state index contributed by atoms with van der Waals surface area (Å²) in [7, 11) is 1.48. The van der Waals surface area contributed by atoms with E-state index in [-0.39, 0.29) is 11.3 Å². The molecule has 0 aliphatic rings. The molecule has 0 atom stereocenters. The first-order chi connectivity index (χ1) is 14.5. The van der Waals surface area contributed by atoms with Crippen molar-refractivity contribution in [3.63, 3.8) is 0 Å². The Morgan fingerprint density at radius 3 is 2.53 bits per heavy atom. The molecule has 0 aliphatic carbocycles. The Morgan fingerprint density at radius 2 is 1.87 bits per heavy atom. The smallest absolute Gasteiger partial charge is 0.275 e. The van der Waals surface area contributed by atoms with Crippen molar-refractivity contribution in [2.24, 2.45) is 5.10 Å². The quantitative estimate of drug-likeness (QED) is 0.320. The summed E-state index contributed by atoms with van der Waals surface area (Å²) in [6.07, 6.45) is 1.50. The first-order valence-corrected chi connectivity index (χ1v) is 10.4. The van der Waals surface area contributed by atoms with Crippen LogP contribution in [0.1, 0.15) is 21.5 Å². The van der Waals surface area contributed by atoms with Gasteiger partial charge in [0.15, 0.2) is 0 Å². The number of carbonyl (C=O) groups excluding carboxylic acids is 1. The molecule has 0 aromatic heterocycles. The van der Waals surface area contributed by atoms with E-state index in [4.69, 9.17) is 9.47 Å². The number of methoxy groups -OCH3 is 1. The summed E-state index contributed by atoms with van der Waals surface area (Å²) >= 11 is 6.90. The van der Waals surface area contributed by atoms with Crippen molar-refractivity contribution >= 4 is 44.0 Å². The number of phenols is 1. The van der Waals surface area contributed by atoms with E-state index in [2.05, 4.69) is 42.4 Å². The van der Waals surface area contributed by atoms with Crippen molar-refractivity contribution in [3.8, 4) is 17.2 Å². The highest BCUT2D eigenvalue weighted by Crippen LogP contribution is 2.27. The van der Waals surface area contributed by atoms with Gasteiger partial charge >= 0.3 is 0 Å². The van der Waals surface area contributed by atoms with Crippen LogP contribution >= 0.6 is 31.9 Å². The molecule has 0 fully saturated rings. The molecule has 3 aromatic rings. The van der Waals surface area contributed by atoms with E-state index in [0.29, 0.717) is 18.1 Å². The summed E-state index contributed by atoms with van der Waals surface area (Å²) in [5, 5.41) is 13.8. The van der Waals surface area contributed by atoms with Gasteiger partial charge in [-0.15, -0.1) is 0 Å². The van der Waals surface area contributed by atoms with Gasteiger partial charge in [0.1, 0.15) is 23.9 Å². The second kappa shape index (κ2) is 10.3. The van der Waals surface area contributed by atoms with Crippen LogP contribution in [0.5, 0.6) is 17.2 Å². The summed E-state index contributed by atoms with van der Waals surface area (Å²) < 4.78 is 12.6. The van der Waals surface area contributed by atoms with Gasteiger partial charge in [0.05, 0.1) is 23.4 Å². The predicted molar refractivity (Wildman–Crippen MR) is 122 cm³/mol. The van der Waals surface area contributed by atoms with Gasteiger partial charge in [0, 0.05) is 10.5 Å². The van der Waals surface area contributed by atoms with Crippen LogP contribution in [0.15, 0.2) is 74.7 Å². The van der Waals surface area contributed by atoms with Gasteiger partial charge < -0.3 is 14.6 Å². The number of nitrogens with one attached hydrogen (secondary N) is 1. The maximum absolute atomic E-state index is 12.2. The summed E-state index contributed by atoms with van der Waals surface area (Å²) in [5.74, 6) is 0.444. The molecule has 3 rings (SSSR count). The molecule has 0 saturated heterocycles. The normalized spacial score (nSPS) is 10.8. The van der Waals surface area contributed by atoms with Gasteiger partial charge in [-0.25, -0.2) is 5.43 Å². The number of hydrazone groups is 1. The molecule has 0 unspecified atom stereocenters. The van der Waals surface area contributed by atoms with Crippen molar-refractivity contribution < 1.29 is 19.4 Å². The number of rotatable bonds is 7. The lowest BCUT2D eigenvalue weighted by Gasteiger charge is -2.09. The minimum absolute atomic E-state index is 0.103. The molecule has 30 heavy (non-hydrogen) atoms. The average Bonchev–Trinajstić information content (AvgIpc) is 2.74. The molecule has 8 heteroatoms. The first kappa shape index (κ1) is 21.9. The SMILES string of the molecule is COc1ccc(C(=O)N/N=C\c2ccc(OCc3ccc(Br)cc3)c(Br)c2)c(O)c1. The largest absolute Gasteiger partial charge is 0.507 e. The lowest BCUT2D eigenvalue weighted by atomic mass is 10.2. The van der Waals surface area contributed by atoms with Crippen LogP contribution in [-0.4, -0.2) is 24.3 Å². The zero-order valence-electron chi connectivity index (χ0n) is 15.9. The Balaban J connectivity index is 1.58. The minimum Gasteiger partial charge on any atom is -0.507 e. The number of amides is 1. The van der Waals surface area contributed by atoms with Gasteiger partial charge in [0.25, 0.3) is 5.91 Å². The summed E-state index contributed by atoms with van der Waals surface area (Å²) in [6, 6.07) is 17.8. The molecule has 6 nitrogen and oxygen atoms in total. The van der Waals surface area contributed by atoms with E-state index < -0.39 is 5.91 Å². The molecule has 2 N–H and O–H groups in total. The third kappa shape index (κ3) is 5.84. The maximum atomic E-state index is 12.2. The van der Waals surface area contributed by atoms with Gasteiger partial charge in [-0.3, -0.25) is 4.79 Å². The molecule has 1 amide bonds. The van der Waals surface area contributed by atoms with Crippen LogP contribution in [0.4, 0.5) is 0 Å². The van der Waals surface area contributed by atoms with E-state index in [0.717, 1.165) is 20.1 Å². The number of benzene rings is 3. The fourth-order valence-corrected chi connectivity index (χ4v) is 3.29. The van der Waals surface area contributed by atoms with Crippen LogP contribution in [0.3, 0.4) is 0 Å². The van der Waals surface area contributed by atoms with Crippen LogP contribution in [0, 0.1) is 0 Å². The lowest BCUT2D eigenvalue weighted by molar-refractivity contribution is 0.0952. The molecular weight excluding hydrogens is 516 g/mol. The van der Waals surface area contributed by atoms with Gasteiger partial charge in [-0.05, 0) is 69.5 Å². The van der Waals surface area contributed by atoms with Crippen molar-refractivity contribution in [1.82, 2.24) is 5.43 Å². The molecule has 0 saturated carbocycles. The van der Waals surface area contributed by atoms with E-state index in [1.165, 1.54) is 25.5 Å². The van der Waals surface area contributed by atoms with E-state index >= 15 is 0 Å². The second-order valence-corrected chi connectivity index (χ2v) is 7.96. The van der Waals surface area contributed by atoms with Gasteiger partial charge in [0.2, 0.25) is 0 Å². The topological polar surface area (TPSA) is 80.2 Å². The number of ether oxygens (including phenoxy) is 2. The number of phenolic OH excluding ortho intramolecular Hbond substituents is 1. The number of halogens is 2. The molecule has 3 aromatic carbocycles. The van der Waals surface area contributed by atoms with Gasteiger partial charge in [-0.2, -0.15) is 5.10 Å². The van der Waals surface area contributed by atoms with E-state index in [1.54, 1.807) is 6.07 Å². The Bertz CT molecular complexity index is 1070. The summed E-state index contributed by atoms with van der Waals surface area (Å²) in [4.78, 5) is 12.2.